The van der Waals surface area contributed by atoms with E-state index in [1.165, 1.54) is 6.08 Å². The Labute approximate surface area is 152 Å². The van der Waals surface area contributed by atoms with Gasteiger partial charge in [0, 0.05) is 30.1 Å². The fourth-order valence-corrected chi connectivity index (χ4v) is 2.36. The maximum Gasteiger partial charge on any atom is 0.230 e. The summed E-state index contributed by atoms with van der Waals surface area (Å²) in [4.78, 5) is 24.7. The van der Waals surface area contributed by atoms with E-state index < -0.39 is 0 Å². The number of allylic oxidation sites excluding steroid dienone is 1. The van der Waals surface area contributed by atoms with Crippen LogP contribution in [-0.2, 0) is 11.2 Å². The van der Waals surface area contributed by atoms with Crippen molar-refractivity contribution in [1.82, 2.24) is 15.0 Å². The molecule has 0 spiro atoms. The summed E-state index contributed by atoms with van der Waals surface area (Å²) in [6.07, 6.45) is 5.05. The van der Waals surface area contributed by atoms with Gasteiger partial charge in [-0.1, -0.05) is 30.8 Å². The van der Waals surface area contributed by atoms with Crippen molar-refractivity contribution in [2.45, 2.75) is 13.3 Å². The van der Waals surface area contributed by atoms with Crippen molar-refractivity contribution < 1.29 is 4.79 Å². The fraction of sp³-hybridized carbons (Fsp3) is 0.100. The van der Waals surface area contributed by atoms with Crippen molar-refractivity contribution in [3.05, 3.63) is 78.6 Å². The molecule has 3 aromatic rings. The Morgan fingerprint density at radius 1 is 1.12 bits per heavy atom. The zero-order valence-corrected chi connectivity index (χ0v) is 14.4. The molecule has 0 saturated carbocycles. The molecule has 0 fully saturated rings. The minimum Gasteiger partial charge on any atom is -0.340 e. The second-order valence-corrected chi connectivity index (χ2v) is 5.69. The second kappa shape index (κ2) is 8.02. The molecule has 0 aliphatic rings. The van der Waals surface area contributed by atoms with Gasteiger partial charge in [-0.3, -0.25) is 4.79 Å². The summed E-state index contributed by atoms with van der Waals surface area (Å²) in [5.74, 6) is 1.74. The Kier molecular flexibility index (Phi) is 5.34. The average Bonchev–Trinajstić information content (AvgIpc) is 2.66. The molecular weight excluding hydrogens is 326 g/mol. The van der Waals surface area contributed by atoms with E-state index in [1.807, 2.05) is 49.4 Å². The SMILES string of the molecule is C=CC(=O)Cc1ccccc1Nc1nc(Nc2ccccn2)ncc1C. The van der Waals surface area contributed by atoms with Crippen LogP contribution in [0.1, 0.15) is 11.1 Å². The van der Waals surface area contributed by atoms with E-state index in [9.17, 15) is 4.79 Å². The molecule has 2 aromatic heterocycles. The van der Waals surface area contributed by atoms with E-state index >= 15 is 0 Å². The van der Waals surface area contributed by atoms with Crippen molar-refractivity contribution in [2.75, 3.05) is 10.6 Å². The van der Waals surface area contributed by atoms with Crippen LogP contribution in [0.4, 0.5) is 23.3 Å². The molecule has 0 radical (unpaired) electrons. The minimum atomic E-state index is -0.0313. The molecule has 2 N–H and O–H groups in total. The first-order valence-electron chi connectivity index (χ1n) is 8.17. The number of benzene rings is 1. The van der Waals surface area contributed by atoms with E-state index in [0.29, 0.717) is 17.6 Å². The standard InChI is InChI=1S/C20H19N5O/c1-3-16(26)12-15-8-4-5-9-17(15)23-19-14(2)13-22-20(25-19)24-18-10-6-7-11-21-18/h3-11,13H,1,12H2,2H3,(H2,21,22,23,24,25). The summed E-state index contributed by atoms with van der Waals surface area (Å²) in [5, 5.41) is 6.37. The molecule has 1 aromatic carbocycles. The minimum absolute atomic E-state index is 0.0313. The first kappa shape index (κ1) is 17.3. The number of anilines is 4. The Morgan fingerprint density at radius 3 is 2.69 bits per heavy atom. The number of pyridine rings is 1. The first-order valence-corrected chi connectivity index (χ1v) is 8.17. The lowest BCUT2D eigenvalue weighted by Crippen LogP contribution is -2.06. The molecule has 6 heteroatoms. The molecule has 26 heavy (non-hydrogen) atoms. The zero-order valence-electron chi connectivity index (χ0n) is 14.4. The molecule has 0 aliphatic carbocycles. The van der Waals surface area contributed by atoms with Crippen molar-refractivity contribution >= 4 is 29.1 Å². The lowest BCUT2D eigenvalue weighted by atomic mass is 10.1. The number of hydrogen-bond acceptors (Lipinski definition) is 6. The van der Waals surface area contributed by atoms with Crippen LogP contribution < -0.4 is 10.6 Å². The number of carbonyl (C=O) groups is 1. The van der Waals surface area contributed by atoms with Gasteiger partial charge in [0.25, 0.3) is 0 Å². The van der Waals surface area contributed by atoms with Crippen LogP contribution in [0.15, 0.2) is 67.5 Å². The average molecular weight is 345 g/mol. The third kappa shape index (κ3) is 4.30. The van der Waals surface area contributed by atoms with Crippen molar-refractivity contribution in [2.24, 2.45) is 0 Å². The van der Waals surface area contributed by atoms with Crippen LogP contribution in [0.2, 0.25) is 0 Å². The molecule has 6 nitrogen and oxygen atoms in total. The molecule has 0 aliphatic heterocycles. The van der Waals surface area contributed by atoms with E-state index in [0.717, 1.165) is 16.8 Å². The maximum atomic E-state index is 11.7. The number of aryl methyl sites for hydroxylation is 1. The van der Waals surface area contributed by atoms with Crippen molar-refractivity contribution in [3.63, 3.8) is 0 Å². The van der Waals surface area contributed by atoms with Gasteiger partial charge in [0.05, 0.1) is 0 Å². The van der Waals surface area contributed by atoms with Crippen LogP contribution in [0.5, 0.6) is 0 Å². The topological polar surface area (TPSA) is 79.8 Å². The Hall–Kier alpha value is -3.54. The normalized spacial score (nSPS) is 10.2. The second-order valence-electron chi connectivity index (χ2n) is 5.69. The third-order valence-corrected chi connectivity index (χ3v) is 3.74. The largest absolute Gasteiger partial charge is 0.340 e. The number of aromatic nitrogens is 3. The predicted molar refractivity (Wildman–Crippen MR) is 103 cm³/mol. The van der Waals surface area contributed by atoms with Crippen LogP contribution in [-0.4, -0.2) is 20.7 Å². The van der Waals surface area contributed by atoms with Crippen LogP contribution in [0, 0.1) is 6.92 Å². The number of nitrogens with one attached hydrogen (secondary N) is 2. The monoisotopic (exact) mass is 345 g/mol. The lowest BCUT2D eigenvalue weighted by Gasteiger charge is -2.13. The molecule has 3 rings (SSSR count). The zero-order chi connectivity index (χ0) is 18.4. The highest BCUT2D eigenvalue weighted by atomic mass is 16.1. The van der Waals surface area contributed by atoms with Crippen LogP contribution in [0.3, 0.4) is 0 Å². The van der Waals surface area contributed by atoms with Crippen molar-refractivity contribution in [1.29, 1.82) is 0 Å². The molecule has 0 bridgehead atoms. The Balaban J connectivity index is 1.85. The van der Waals surface area contributed by atoms with Gasteiger partial charge in [-0.05, 0) is 36.8 Å². The Bertz CT molecular complexity index is 924. The number of carbonyl (C=O) groups excluding carboxylic acids is 1. The van der Waals surface area contributed by atoms with Gasteiger partial charge < -0.3 is 10.6 Å². The molecule has 0 atom stereocenters. The molecule has 0 unspecified atom stereocenters. The van der Waals surface area contributed by atoms with E-state index in [4.69, 9.17) is 0 Å². The smallest absolute Gasteiger partial charge is 0.230 e. The molecule has 2 heterocycles. The fourth-order valence-electron chi connectivity index (χ4n) is 2.36. The third-order valence-electron chi connectivity index (χ3n) is 3.74. The first-order chi connectivity index (χ1) is 12.7. The summed E-state index contributed by atoms with van der Waals surface area (Å²) in [6.45, 7) is 5.45. The van der Waals surface area contributed by atoms with Crippen molar-refractivity contribution in [3.8, 4) is 0 Å². The summed E-state index contributed by atoms with van der Waals surface area (Å²) in [7, 11) is 0. The van der Waals surface area contributed by atoms with Gasteiger partial charge in [0.15, 0.2) is 5.78 Å². The quantitative estimate of drug-likeness (QED) is 0.631. The highest BCUT2D eigenvalue weighted by Crippen LogP contribution is 2.23. The van der Waals surface area contributed by atoms with E-state index in [2.05, 4.69) is 32.2 Å². The number of hydrogen-bond donors (Lipinski definition) is 2. The maximum absolute atomic E-state index is 11.7. The molecule has 130 valence electrons. The lowest BCUT2D eigenvalue weighted by molar-refractivity contribution is -0.114. The summed E-state index contributed by atoms with van der Waals surface area (Å²) >= 11 is 0. The number of rotatable bonds is 7. The van der Waals surface area contributed by atoms with Gasteiger partial charge >= 0.3 is 0 Å². The van der Waals surface area contributed by atoms with E-state index in [1.54, 1.807) is 12.4 Å². The summed E-state index contributed by atoms with van der Waals surface area (Å²) < 4.78 is 0. The Morgan fingerprint density at radius 2 is 1.92 bits per heavy atom. The molecular formula is C20H19N5O. The number of para-hydroxylation sites is 1. The van der Waals surface area contributed by atoms with Crippen LogP contribution >= 0.6 is 0 Å². The van der Waals surface area contributed by atoms with Gasteiger partial charge in [-0.2, -0.15) is 4.98 Å². The van der Waals surface area contributed by atoms with E-state index in [-0.39, 0.29) is 12.2 Å². The number of nitrogens with zero attached hydrogens (tertiary/aromatic N) is 3. The molecule has 0 amide bonds. The predicted octanol–water partition coefficient (Wildman–Crippen LogP) is 3.96. The van der Waals surface area contributed by atoms with Gasteiger partial charge in [-0.25, -0.2) is 9.97 Å². The molecule has 0 saturated heterocycles. The highest BCUT2D eigenvalue weighted by Gasteiger charge is 2.09. The summed E-state index contributed by atoms with van der Waals surface area (Å²) in [5.41, 5.74) is 2.60. The highest BCUT2D eigenvalue weighted by molar-refractivity contribution is 5.92. The van der Waals surface area contributed by atoms with Gasteiger partial charge in [0.1, 0.15) is 11.6 Å². The summed E-state index contributed by atoms with van der Waals surface area (Å²) in [6, 6.07) is 13.2. The van der Waals surface area contributed by atoms with Gasteiger partial charge in [-0.15, -0.1) is 0 Å². The number of ketones is 1. The van der Waals surface area contributed by atoms with Crippen LogP contribution in [0.25, 0.3) is 0 Å². The van der Waals surface area contributed by atoms with Gasteiger partial charge in [0.2, 0.25) is 5.95 Å².